The standard InChI is InChI=1S/C11H19N3S/c1-4-9-5-6-15-10(9)7-13-11(12)14-8(2)3/h5-6,8H,4,7H2,1-3H3,(H3,12,13,14). The third-order valence-corrected chi connectivity index (χ3v) is 3.00. The number of aryl methyl sites for hydroxylation is 1. The Bertz CT molecular complexity index is 328. The van der Waals surface area contributed by atoms with Crippen molar-refractivity contribution < 1.29 is 0 Å². The third kappa shape index (κ3) is 3.91. The summed E-state index contributed by atoms with van der Waals surface area (Å²) in [5.41, 5.74) is 7.10. The van der Waals surface area contributed by atoms with Gasteiger partial charge in [-0.25, -0.2) is 4.99 Å². The highest BCUT2D eigenvalue weighted by Gasteiger charge is 2.01. The Labute approximate surface area is 95.4 Å². The van der Waals surface area contributed by atoms with E-state index in [4.69, 9.17) is 5.73 Å². The van der Waals surface area contributed by atoms with Gasteiger partial charge >= 0.3 is 0 Å². The normalized spacial score (nSPS) is 12.1. The molecule has 1 aromatic heterocycles. The molecule has 3 N–H and O–H groups in total. The lowest BCUT2D eigenvalue weighted by molar-refractivity contribution is 0.724. The highest BCUT2D eigenvalue weighted by atomic mass is 32.1. The number of hydrogen-bond acceptors (Lipinski definition) is 2. The zero-order chi connectivity index (χ0) is 11.3. The average molecular weight is 225 g/mol. The second kappa shape index (κ2) is 5.75. The Morgan fingerprint density at radius 3 is 2.93 bits per heavy atom. The van der Waals surface area contributed by atoms with Crippen LogP contribution in [0.5, 0.6) is 0 Å². The fourth-order valence-corrected chi connectivity index (χ4v) is 2.22. The Kier molecular flexibility index (Phi) is 4.62. The van der Waals surface area contributed by atoms with E-state index in [-0.39, 0.29) is 0 Å². The molecule has 0 unspecified atom stereocenters. The van der Waals surface area contributed by atoms with Crippen LogP contribution in [0.3, 0.4) is 0 Å². The summed E-state index contributed by atoms with van der Waals surface area (Å²) in [7, 11) is 0. The molecule has 0 aliphatic carbocycles. The minimum absolute atomic E-state index is 0.336. The van der Waals surface area contributed by atoms with Crippen LogP contribution in [0.15, 0.2) is 16.4 Å². The van der Waals surface area contributed by atoms with Crippen molar-refractivity contribution in [1.29, 1.82) is 0 Å². The van der Waals surface area contributed by atoms with Gasteiger partial charge in [-0.3, -0.25) is 0 Å². The number of nitrogens with one attached hydrogen (secondary N) is 1. The molecule has 0 aliphatic rings. The Balaban J connectivity index is 2.55. The zero-order valence-electron chi connectivity index (χ0n) is 9.58. The lowest BCUT2D eigenvalue weighted by Crippen LogP contribution is -2.36. The van der Waals surface area contributed by atoms with Gasteiger partial charge in [-0.15, -0.1) is 11.3 Å². The van der Waals surface area contributed by atoms with Crippen LogP contribution in [0.25, 0.3) is 0 Å². The smallest absolute Gasteiger partial charge is 0.189 e. The minimum atomic E-state index is 0.336. The van der Waals surface area contributed by atoms with E-state index in [2.05, 4.69) is 28.7 Å². The Morgan fingerprint density at radius 2 is 2.33 bits per heavy atom. The van der Waals surface area contributed by atoms with Gasteiger partial charge in [-0.05, 0) is 37.3 Å². The molecule has 0 aliphatic heterocycles. The van der Waals surface area contributed by atoms with Crippen LogP contribution in [0, 0.1) is 0 Å². The number of aliphatic imine (C=N–C) groups is 1. The monoisotopic (exact) mass is 225 g/mol. The first-order chi connectivity index (χ1) is 7.13. The summed E-state index contributed by atoms with van der Waals surface area (Å²) in [6, 6.07) is 2.49. The van der Waals surface area contributed by atoms with E-state index in [0.29, 0.717) is 18.5 Å². The third-order valence-electron chi connectivity index (χ3n) is 2.05. The van der Waals surface area contributed by atoms with Gasteiger partial charge in [0.05, 0.1) is 6.54 Å². The first kappa shape index (κ1) is 12.0. The van der Waals surface area contributed by atoms with Crippen molar-refractivity contribution in [2.24, 2.45) is 10.7 Å². The predicted molar refractivity (Wildman–Crippen MR) is 67.3 cm³/mol. The summed E-state index contributed by atoms with van der Waals surface area (Å²) >= 11 is 1.74. The van der Waals surface area contributed by atoms with E-state index in [1.54, 1.807) is 11.3 Å². The van der Waals surface area contributed by atoms with Gasteiger partial charge in [0.2, 0.25) is 0 Å². The van der Waals surface area contributed by atoms with E-state index in [1.165, 1.54) is 10.4 Å². The summed E-state index contributed by atoms with van der Waals surface area (Å²) in [6.45, 7) is 6.94. The minimum Gasteiger partial charge on any atom is -0.370 e. The van der Waals surface area contributed by atoms with E-state index in [1.807, 2.05) is 13.8 Å². The van der Waals surface area contributed by atoms with Crippen molar-refractivity contribution in [1.82, 2.24) is 5.32 Å². The van der Waals surface area contributed by atoms with Crippen molar-refractivity contribution in [2.45, 2.75) is 39.8 Å². The van der Waals surface area contributed by atoms with Crippen LogP contribution in [0.4, 0.5) is 0 Å². The highest BCUT2D eigenvalue weighted by molar-refractivity contribution is 7.10. The summed E-state index contributed by atoms with van der Waals surface area (Å²) in [4.78, 5) is 5.62. The van der Waals surface area contributed by atoms with Gasteiger partial charge in [0.25, 0.3) is 0 Å². The molecule has 0 saturated heterocycles. The lowest BCUT2D eigenvalue weighted by Gasteiger charge is -2.08. The number of nitrogens with zero attached hydrogens (tertiary/aromatic N) is 1. The molecule has 15 heavy (non-hydrogen) atoms. The molecule has 0 atom stereocenters. The molecule has 0 bridgehead atoms. The van der Waals surface area contributed by atoms with Gasteiger partial charge in [-0.2, -0.15) is 0 Å². The number of guanidine groups is 1. The van der Waals surface area contributed by atoms with Gasteiger partial charge in [0.1, 0.15) is 0 Å². The van der Waals surface area contributed by atoms with Crippen LogP contribution in [-0.2, 0) is 13.0 Å². The van der Waals surface area contributed by atoms with Crippen LogP contribution < -0.4 is 11.1 Å². The number of hydrogen-bond donors (Lipinski definition) is 2. The van der Waals surface area contributed by atoms with Crippen molar-refractivity contribution in [3.63, 3.8) is 0 Å². The molecule has 1 aromatic rings. The van der Waals surface area contributed by atoms with Crippen LogP contribution in [-0.4, -0.2) is 12.0 Å². The first-order valence-electron chi connectivity index (χ1n) is 5.25. The second-order valence-electron chi connectivity index (χ2n) is 3.72. The summed E-state index contributed by atoms with van der Waals surface area (Å²) < 4.78 is 0. The van der Waals surface area contributed by atoms with E-state index < -0.39 is 0 Å². The van der Waals surface area contributed by atoms with Crippen LogP contribution in [0.2, 0.25) is 0 Å². The molecule has 0 aromatic carbocycles. The van der Waals surface area contributed by atoms with E-state index in [9.17, 15) is 0 Å². The number of rotatable bonds is 4. The molecule has 3 nitrogen and oxygen atoms in total. The quantitative estimate of drug-likeness (QED) is 0.609. The maximum atomic E-state index is 5.73. The van der Waals surface area contributed by atoms with Crippen molar-refractivity contribution in [3.8, 4) is 0 Å². The Morgan fingerprint density at radius 1 is 1.60 bits per heavy atom. The summed E-state index contributed by atoms with van der Waals surface area (Å²) in [6.07, 6.45) is 1.06. The zero-order valence-corrected chi connectivity index (χ0v) is 10.4. The lowest BCUT2D eigenvalue weighted by atomic mass is 10.2. The fraction of sp³-hybridized carbons (Fsp3) is 0.545. The SMILES string of the molecule is CCc1ccsc1CN=C(N)NC(C)C. The molecule has 0 amide bonds. The predicted octanol–water partition coefficient (Wildman–Crippen LogP) is 2.12. The van der Waals surface area contributed by atoms with Crippen molar-refractivity contribution in [3.05, 3.63) is 21.9 Å². The molecule has 1 rings (SSSR count). The second-order valence-corrected chi connectivity index (χ2v) is 4.72. The van der Waals surface area contributed by atoms with E-state index >= 15 is 0 Å². The van der Waals surface area contributed by atoms with Gasteiger partial charge in [-0.1, -0.05) is 6.92 Å². The van der Waals surface area contributed by atoms with Crippen LogP contribution >= 0.6 is 11.3 Å². The molecule has 1 heterocycles. The van der Waals surface area contributed by atoms with Crippen LogP contribution in [0.1, 0.15) is 31.2 Å². The summed E-state index contributed by atoms with van der Waals surface area (Å²) in [5.74, 6) is 0.528. The van der Waals surface area contributed by atoms with Gasteiger partial charge in [0.15, 0.2) is 5.96 Å². The molecular formula is C11H19N3S. The van der Waals surface area contributed by atoms with Gasteiger partial charge in [0, 0.05) is 10.9 Å². The molecule has 4 heteroatoms. The number of thiophene rings is 1. The van der Waals surface area contributed by atoms with E-state index in [0.717, 1.165) is 6.42 Å². The molecule has 0 radical (unpaired) electrons. The highest BCUT2D eigenvalue weighted by Crippen LogP contribution is 2.17. The fourth-order valence-electron chi connectivity index (χ4n) is 1.32. The largest absolute Gasteiger partial charge is 0.370 e. The first-order valence-corrected chi connectivity index (χ1v) is 6.13. The molecule has 0 spiro atoms. The van der Waals surface area contributed by atoms with Crippen molar-refractivity contribution >= 4 is 17.3 Å². The number of nitrogens with two attached hydrogens (primary N) is 1. The maximum absolute atomic E-state index is 5.73. The van der Waals surface area contributed by atoms with Crippen molar-refractivity contribution in [2.75, 3.05) is 0 Å². The average Bonchev–Trinajstić information content (AvgIpc) is 2.60. The molecule has 0 fully saturated rings. The molecule has 84 valence electrons. The Hall–Kier alpha value is -1.03. The topological polar surface area (TPSA) is 50.4 Å². The maximum Gasteiger partial charge on any atom is 0.189 e. The summed E-state index contributed by atoms with van der Waals surface area (Å²) in [5, 5.41) is 5.18. The molecular weight excluding hydrogens is 206 g/mol. The van der Waals surface area contributed by atoms with Gasteiger partial charge < -0.3 is 11.1 Å². The molecule has 0 saturated carbocycles.